The molecule has 86 valence electrons. The molecule has 1 aromatic rings. The van der Waals surface area contributed by atoms with Gasteiger partial charge in [0.25, 0.3) is 0 Å². The zero-order valence-corrected chi connectivity index (χ0v) is 12.6. The quantitative estimate of drug-likeness (QED) is 0.569. The summed E-state index contributed by atoms with van der Waals surface area (Å²) in [6.07, 6.45) is 1.73. The highest BCUT2D eigenvalue weighted by Crippen LogP contribution is 2.20. The third kappa shape index (κ3) is 2.77. The SMILES string of the molecule is O=C1CCCN1Cc1ccc(CBr)cc1I. The highest BCUT2D eigenvalue weighted by atomic mass is 127. The largest absolute Gasteiger partial charge is 0.338 e. The Labute approximate surface area is 118 Å². The molecule has 0 aliphatic carbocycles. The average molecular weight is 394 g/mol. The Balaban J connectivity index is 2.12. The van der Waals surface area contributed by atoms with Crippen LogP contribution in [0.2, 0.25) is 0 Å². The van der Waals surface area contributed by atoms with Crippen LogP contribution in [0, 0.1) is 3.57 Å². The summed E-state index contributed by atoms with van der Waals surface area (Å²) in [7, 11) is 0. The first-order chi connectivity index (χ1) is 7.70. The van der Waals surface area contributed by atoms with Crippen LogP contribution in [0.25, 0.3) is 0 Å². The fourth-order valence-electron chi connectivity index (χ4n) is 1.88. The van der Waals surface area contributed by atoms with Crippen LogP contribution in [0.4, 0.5) is 0 Å². The molecule has 1 saturated heterocycles. The fraction of sp³-hybridized carbons (Fsp3) is 0.417. The van der Waals surface area contributed by atoms with Gasteiger partial charge in [-0.15, -0.1) is 0 Å². The molecule has 2 rings (SSSR count). The average Bonchev–Trinajstić information content (AvgIpc) is 2.67. The fourth-order valence-corrected chi connectivity index (χ4v) is 2.98. The lowest BCUT2D eigenvalue weighted by molar-refractivity contribution is -0.128. The van der Waals surface area contributed by atoms with E-state index >= 15 is 0 Å². The van der Waals surface area contributed by atoms with Crippen LogP contribution in [-0.4, -0.2) is 17.4 Å². The molecule has 0 spiro atoms. The van der Waals surface area contributed by atoms with E-state index in [-0.39, 0.29) is 0 Å². The molecule has 0 unspecified atom stereocenters. The van der Waals surface area contributed by atoms with Crippen molar-refractivity contribution in [2.75, 3.05) is 6.54 Å². The summed E-state index contributed by atoms with van der Waals surface area (Å²) < 4.78 is 1.24. The third-order valence-electron chi connectivity index (χ3n) is 2.80. The Morgan fingerprint density at radius 1 is 1.44 bits per heavy atom. The van der Waals surface area contributed by atoms with Gasteiger partial charge in [-0.05, 0) is 46.2 Å². The first-order valence-corrected chi connectivity index (χ1v) is 7.52. The maximum atomic E-state index is 11.5. The zero-order valence-electron chi connectivity index (χ0n) is 8.88. The first kappa shape index (κ1) is 12.4. The van der Waals surface area contributed by atoms with Crippen molar-refractivity contribution in [1.82, 2.24) is 4.90 Å². The van der Waals surface area contributed by atoms with Gasteiger partial charge in [-0.1, -0.05) is 28.1 Å². The van der Waals surface area contributed by atoms with E-state index in [0.717, 1.165) is 31.3 Å². The summed E-state index contributed by atoms with van der Waals surface area (Å²) in [6, 6.07) is 6.42. The predicted octanol–water partition coefficient (Wildman–Crippen LogP) is 3.31. The van der Waals surface area contributed by atoms with Crippen molar-refractivity contribution in [2.24, 2.45) is 0 Å². The number of amides is 1. The molecule has 0 saturated carbocycles. The maximum absolute atomic E-state index is 11.5. The molecular weight excluding hydrogens is 381 g/mol. The lowest BCUT2D eigenvalue weighted by Crippen LogP contribution is -2.24. The van der Waals surface area contributed by atoms with E-state index in [1.165, 1.54) is 14.7 Å². The van der Waals surface area contributed by atoms with Gasteiger partial charge < -0.3 is 4.90 Å². The van der Waals surface area contributed by atoms with Crippen LogP contribution >= 0.6 is 38.5 Å². The van der Waals surface area contributed by atoms with E-state index in [4.69, 9.17) is 0 Å². The molecule has 1 aliphatic rings. The second kappa shape index (κ2) is 5.49. The van der Waals surface area contributed by atoms with Gasteiger partial charge in [0.1, 0.15) is 0 Å². The van der Waals surface area contributed by atoms with Gasteiger partial charge in [0, 0.05) is 28.4 Å². The predicted molar refractivity (Wildman–Crippen MR) is 76.4 cm³/mol. The number of carbonyl (C=O) groups is 1. The van der Waals surface area contributed by atoms with Gasteiger partial charge in [-0.2, -0.15) is 0 Å². The van der Waals surface area contributed by atoms with Gasteiger partial charge >= 0.3 is 0 Å². The molecule has 1 fully saturated rings. The standard InChI is InChI=1S/C12H13BrINO/c13-7-9-3-4-10(11(14)6-9)8-15-5-1-2-12(15)16/h3-4,6H,1-2,5,7-8H2. The second-order valence-electron chi connectivity index (χ2n) is 3.98. The molecule has 0 N–H and O–H groups in total. The van der Waals surface area contributed by atoms with E-state index in [9.17, 15) is 4.79 Å². The van der Waals surface area contributed by atoms with Crippen LogP contribution in [0.15, 0.2) is 18.2 Å². The molecule has 0 aromatic heterocycles. The molecule has 1 heterocycles. The van der Waals surface area contributed by atoms with Crippen molar-refractivity contribution < 1.29 is 4.79 Å². The summed E-state index contributed by atoms with van der Waals surface area (Å²) in [4.78, 5) is 13.5. The molecule has 1 aromatic carbocycles. The summed E-state index contributed by atoms with van der Waals surface area (Å²) in [5, 5.41) is 0.881. The number of carbonyl (C=O) groups excluding carboxylic acids is 1. The van der Waals surface area contributed by atoms with Gasteiger partial charge in [-0.25, -0.2) is 0 Å². The Kier molecular flexibility index (Phi) is 4.24. The molecule has 0 atom stereocenters. The number of rotatable bonds is 3. The second-order valence-corrected chi connectivity index (χ2v) is 5.70. The van der Waals surface area contributed by atoms with Crippen molar-refractivity contribution in [3.63, 3.8) is 0 Å². The van der Waals surface area contributed by atoms with Gasteiger partial charge in [0.05, 0.1) is 0 Å². The summed E-state index contributed by atoms with van der Waals surface area (Å²) in [5.41, 5.74) is 2.53. The smallest absolute Gasteiger partial charge is 0.222 e. The Bertz CT molecular complexity index is 408. The van der Waals surface area contributed by atoms with Crippen LogP contribution in [0.3, 0.4) is 0 Å². The highest BCUT2D eigenvalue weighted by Gasteiger charge is 2.20. The molecule has 2 nitrogen and oxygen atoms in total. The monoisotopic (exact) mass is 393 g/mol. The van der Waals surface area contributed by atoms with Crippen LogP contribution in [0.1, 0.15) is 24.0 Å². The van der Waals surface area contributed by atoms with E-state index in [2.05, 4.69) is 56.7 Å². The minimum atomic E-state index is 0.292. The normalized spacial score (nSPS) is 15.9. The topological polar surface area (TPSA) is 20.3 Å². The Hall–Kier alpha value is -0.100. The third-order valence-corrected chi connectivity index (χ3v) is 4.46. The van der Waals surface area contributed by atoms with Crippen molar-refractivity contribution >= 4 is 44.4 Å². The number of benzene rings is 1. The molecule has 1 amide bonds. The van der Waals surface area contributed by atoms with Crippen LogP contribution in [0.5, 0.6) is 0 Å². The zero-order chi connectivity index (χ0) is 11.5. The van der Waals surface area contributed by atoms with Crippen molar-refractivity contribution in [1.29, 1.82) is 0 Å². The Morgan fingerprint density at radius 3 is 2.81 bits per heavy atom. The number of alkyl halides is 1. The lowest BCUT2D eigenvalue weighted by atomic mass is 10.1. The van der Waals surface area contributed by atoms with Crippen molar-refractivity contribution in [3.05, 3.63) is 32.9 Å². The van der Waals surface area contributed by atoms with E-state index in [0.29, 0.717) is 5.91 Å². The van der Waals surface area contributed by atoms with E-state index < -0.39 is 0 Å². The van der Waals surface area contributed by atoms with Gasteiger partial charge in [0.15, 0.2) is 0 Å². The number of hydrogen-bond donors (Lipinski definition) is 0. The molecule has 0 bridgehead atoms. The number of halogens is 2. The Morgan fingerprint density at radius 2 is 2.25 bits per heavy atom. The van der Waals surface area contributed by atoms with E-state index in [1.54, 1.807) is 0 Å². The van der Waals surface area contributed by atoms with Crippen molar-refractivity contribution in [3.8, 4) is 0 Å². The summed E-state index contributed by atoms with van der Waals surface area (Å²) >= 11 is 5.79. The number of likely N-dealkylation sites (tertiary alicyclic amines) is 1. The van der Waals surface area contributed by atoms with Crippen LogP contribution in [-0.2, 0) is 16.7 Å². The number of hydrogen-bond acceptors (Lipinski definition) is 1. The van der Waals surface area contributed by atoms with E-state index in [1.807, 2.05) is 4.90 Å². The van der Waals surface area contributed by atoms with Crippen molar-refractivity contribution in [2.45, 2.75) is 24.7 Å². The summed E-state index contributed by atoms with van der Waals surface area (Å²) in [5.74, 6) is 0.292. The molecular formula is C12H13BrINO. The highest BCUT2D eigenvalue weighted by molar-refractivity contribution is 14.1. The minimum absolute atomic E-state index is 0.292. The molecule has 4 heteroatoms. The number of nitrogens with zero attached hydrogens (tertiary/aromatic N) is 1. The van der Waals surface area contributed by atoms with Gasteiger partial charge in [-0.3, -0.25) is 4.79 Å². The van der Waals surface area contributed by atoms with Gasteiger partial charge in [0.2, 0.25) is 5.91 Å². The first-order valence-electron chi connectivity index (χ1n) is 5.32. The van der Waals surface area contributed by atoms with Crippen LogP contribution < -0.4 is 0 Å². The minimum Gasteiger partial charge on any atom is -0.338 e. The molecule has 16 heavy (non-hydrogen) atoms. The maximum Gasteiger partial charge on any atom is 0.222 e. The summed E-state index contributed by atoms with van der Waals surface area (Å²) in [6.45, 7) is 1.68. The lowest BCUT2D eigenvalue weighted by Gasteiger charge is -2.16. The molecule has 1 aliphatic heterocycles. The molecule has 0 radical (unpaired) electrons.